The van der Waals surface area contributed by atoms with Gasteiger partial charge in [0.1, 0.15) is 5.75 Å². The van der Waals surface area contributed by atoms with Crippen LogP contribution in [0.5, 0.6) is 5.75 Å². The number of primary amides is 1. The molecule has 3 amide bonds. The monoisotopic (exact) mass is 517 g/mol. The Morgan fingerprint density at radius 3 is 2.29 bits per heavy atom. The zero-order valence-corrected chi connectivity index (χ0v) is 21.7. The third-order valence-electron chi connectivity index (χ3n) is 6.19. The molecule has 0 aliphatic rings. The zero-order valence-electron chi connectivity index (χ0n) is 21.7. The quantitative estimate of drug-likeness (QED) is 0.279. The third-order valence-corrected chi connectivity index (χ3v) is 6.19. The second kappa shape index (κ2) is 14.5. The van der Waals surface area contributed by atoms with E-state index in [0.29, 0.717) is 50.1 Å². The third kappa shape index (κ3) is 9.05. The van der Waals surface area contributed by atoms with Crippen molar-refractivity contribution in [3.8, 4) is 16.9 Å². The predicted octanol–water partition coefficient (Wildman–Crippen LogP) is 4.89. The van der Waals surface area contributed by atoms with E-state index in [9.17, 15) is 14.4 Å². The first-order chi connectivity index (χ1) is 18.4. The Morgan fingerprint density at radius 2 is 1.61 bits per heavy atom. The number of carbonyl (C=O) groups is 3. The minimum absolute atomic E-state index is 0.0326. The lowest BCUT2D eigenvalue weighted by Crippen LogP contribution is -2.27. The number of benzene rings is 3. The smallest absolute Gasteiger partial charge is 0.409 e. The van der Waals surface area contributed by atoms with E-state index in [2.05, 4.69) is 5.32 Å². The average molecular weight is 518 g/mol. The standard InChI is InChI=1S/C30H35N3O5/c1-33(19-6-5-11-28(35)32-25-16-13-23(21-34)14-17-25)29(36)12-7-8-22-15-18-26(24-9-3-2-4-10-24)27(20-22)38-30(31)37/h2-4,9-10,13-18,20,34H,5-8,11-12,19,21H2,1H3,(H2,31,37)(H,32,35). The number of anilines is 1. The van der Waals surface area contributed by atoms with Crippen molar-refractivity contribution in [1.29, 1.82) is 0 Å². The number of nitrogens with zero attached hydrogens (tertiary/aromatic N) is 1. The summed E-state index contributed by atoms with van der Waals surface area (Å²) in [6, 6.07) is 22.3. The Morgan fingerprint density at radius 1 is 0.895 bits per heavy atom. The lowest BCUT2D eigenvalue weighted by molar-refractivity contribution is -0.130. The number of unbranched alkanes of at least 4 members (excludes halogenated alkanes) is 1. The summed E-state index contributed by atoms with van der Waals surface area (Å²) in [6.45, 7) is 0.550. The van der Waals surface area contributed by atoms with Crippen molar-refractivity contribution >= 4 is 23.6 Å². The summed E-state index contributed by atoms with van der Waals surface area (Å²) in [4.78, 5) is 37.8. The van der Waals surface area contributed by atoms with Crippen LogP contribution >= 0.6 is 0 Å². The molecule has 8 heteroatoms. The van der Waals surface area contributed by atoms with Gasteiger partial charge in [-0.2, -0.15) is 0 Å². The molecule has 0 atom stereocenters. The Bertz CT molecular complexity index is 1210. The number of nitrogens with one attached hydrogen (secondary N) is 1. The van der Waals surface area contributed by atoms with Crippen LogP contribution in [-0.4, -0.2) is 41.5 Å². The normalized spacial score (nSPS) is 10.6. The number of hydrogen-bond donors (Lipinski definition) is 3. The summed E-state index contributed by atoms with van der Waals surface area (Å²) in [7, 11) is 1.78. The summed E-state index contributed by atoms with van der Waals surface area (Å²) in [5, 5.41) is 11.9. The Balaban J connectivity index is 1.39. The Hall–Kier alpha value is -4.17. The highest BCUT2D eigenvalue weighted by atomic mass is 16.5. The maximum Gasteiger partial charge on any atom is 0.409 e. The molecule has 0 aromatic heterocycles. The van der Waals surface area contributed by atoms with Crippen molar-refractivity contribution in [1.82, 2.24) is 4.90 Å². The molecule has 0 bridgehead atoms. The van der Waals surface area contributed by atoms with Crippen molar-refractivity contribution < 1.29 is 24.2 Å². The van der Waals surface area contributed by atoms with Crippen LogP contribution in [0.3, 0.4) is 0 Å². The van der Waals surface area contributed by atoms with Crippen LogP contribution in [0.1, 0.15) is 43.2 Å². The number of ether oxygens (including phenoxy) is 1. The van der Waals surface area contributed by atoms with Crippen molar-refractivity contribution in [3.05, 3.63) is 83.9 Å². The minimum atomic E-state index is -0.870. The largest absolute Gasteiger partial charge is 0.410 e. The van der Waals surface area contributed by atoms with Crippen LogP contribution in [0, 0.1) is 0 Å². The van der Waals surface area contributed by atoms with Crippen molar-refractivity contribution in [3.63, 3.8) is 0 Å². The van der Waals surface area contributed by atoms with Gasteiger partial charge in [0, 0.05) is 37.7 Å². The Labute approximate surface area is 223 Å². The van der Waals surface area contributed by atoms with Crippen molar-refractivity contribution in [2.24, 2.45) is 5.73 Å². The van der Waals surface area contributed by atoms with Crippen LogP contribution in [0.2, 0.25) is 0 Å². The first-order valence-corrected chi connectivity index (χ1v) is 12.7. The van der Waals surface area contributed by atoms with Crippen molar-refractivity contribution in [2.45, 2.75) is 45.1 Å². The molecular formula is C30H35N3O5. The summed E-state index contributed by atoms with van der Waals surface area (Å²) in [5.74, 6) is 0.373. The van der Waals surface area contributed by atoms with Gasteiger partial charge in [-0.25, -0.2) is 4.79 Å². The molecule has 0 saturated carbocycles. The molecular weight excluding hydrogens is 482 g/mol. The second-order valence-corrected chi connectivity index (χ2v) is 9.15. The van der Waals surface area contributed by atoms with Gasteiger partial charge in [-0.15, -0.1) is 0 Å². The molecule has 0 heterocycles. The van der Waals surface area contributed by atoms with E-state index < -0.39 is 6.09 Å². The molecule has 3 aromatic carbocycles. The topological polar surface area (TPSA) is 122 Å². The van der Waals surface area contributed by atoms with Gasteiger partial charge in [-0.3, -0.25) is 9.59 Å². The van der Waals surface area contributed by atoms with E-state index in [-0.39, 0.29) is 18.4 Å². The molecule has 0 aliphatic heterocycles. The van der Waals surface area contributed by atoms with Gasteiger partial charge in [0.2, 0.25) is 11.8 Å². The van der Waals surface area contributed by atoms with E-state index in [4.69, 9.17) is 15.6 Å². The van der Waals surface area contributed by atoms with E-state index >= 15 is 0 Å². The number of nitrogens with two attached hydrogens (primary N) is 1. The molecule has 8 nitrogen and oxygen atoms in total. The first-order valence-electron chi connectivity index (χ1n) is 12.7. The van der Waals surface area contributed by atoms with Gasteiger partial charge in [-0.1, -0.05) is 54.6 Å². The van der Waals surface area contributed by atoms with E-state index in [1.54, 1.807) is 42.3 Å². The SMILES string of the molecule is CN(CCCCC(=O)Nc1ccc(CO)cc1)C(=O)CCCc1ccc(-c2ccccc2)c(OC(N)=O)c1. The molecule has 4 N–H and O–H groups in total. The second-order valence-electron chi connectivity index (χ2n) is 9.15. The molecule has 0 aliphatic carbocycles. The molecule has 0 unspecified atom stereocenters. The summed E-state index contributed by atoms with van der Waals surface area (Å²) in [6.07, 6.45) is 2.61. The molecule has 38 heavy (non-hydrogen) atoms. The zero-order chi connectivity index (χ0) is 27.3. The average Bonchev–Trinajstić information content (AvgIpc) is 2.91. The van der Waals surface area contributed by atoms with Crippen LogP contribution in [-0.2, 0) is 22.6 Å². The number of aliphatic hydroxyl groups is 1. The molecule has 200 valence electrons. The van der Waals surface area contributed by atoms with E-state index in [1.165, 1.54) is 0 Å². The van der Waals surface area contributed by atoms with Gasteiger partial charge >= 0.3 is 6.09 Å². The number of hydrogen-bond acceptors (Lipinski definition) is 5. The highest BCUT2D eigenvalue weighted by molar-refractivity contribution is 5.90. The number of amides is 3. The highest BCUT2D eigenvalue weighted by Gasteiger charge is 2.12. The predicted molar refractivity (Wildman–Crippen MR) is 148 cm³/mol. The van der Waals surface area contributed by atoms with E-state index in [0.717, 1.165) is 28.7 Å². The Kier molecular flexibility index (Phi) is 10.9. The molecule has 0 radical (unpaired) electrons. The van der Waals surface area contributed by atoms with Gasteiger partial charge < -0.3 is 25.8 Å². The molecule has 3 rings (SSSR count). The van der Waals surface area contributed by atoms with Crippen molar-refractivity contribution in [2.75, 3.05) is 18.9 Å². The molecule has 0 fully saturated rings. The summed E-state index contributed by atoms with van der Waals surface area (Å²) >= 11 is 0. The van der Waals surface area contributed by atoms with Crippen LogP contribution in [0.4, 0.5) is 10.5 Å². The summed E-state index contributed by atoms with van der Waals surface area (Å²) < 4.78 is 5.25. The number of rotatable bonds is 13. The van der Waals surface area contributed by atoms with Gasteiger partial charge in [0.05, 0.1) is 6.61 Å². The highest BCUT2D eigenvalue weighted by Crippen LogP contribution is 2.31. The lowest BCUT2D eigenvalue weighted by atomic mass is 10.00. The van der Waals surface area contributed by atoms with Crippen LogP contribution in [0.25, 0.3) is 11.1 Å². The maximum absolute atomic E-state index is 12.5. The maximum atomic E-state index is 12.5. The number of aryl methyl sites for hydroxylation is 1. The lowest BCUT2D eigenvalue weighted by Gasteiger charge is -2.17. The van der Waals surface area contributed by atoms with Gasteiger partial charge in [0.25, 0.3) is 0 Å². The van der Waals surface area contributed by atoms with Crippen LogP contribution < -0.4 is 15.8 Å². The number of carbonyl (C=O) groups excluding carboxylic acids is 3. The molecule has 3 aromatic rings. The van der Waals surface area contributed by atoms with Crippen LogP contribution in [0.15, 0.2) is 72.8 Å². The fourth-order valence-electron chi connectivity index (χ4n) is 4.08. The fraction of sp³-hybridized carbons (Fsp3) is 0.300. The minimum Gasteiger partial charge on any atom is -0.410 e. The first kappa shape index (κ1) is 28.4. The van der Waals surface area contributed by atoms with Gasteiger partial charge in [-0.05, 0) is 60.6 Å². The molecule has 0 spiro atoms. The van der Waals surface area contributed by atoms with Gasteiger partial charge in [0.15, 0.2) is 0 Å². The summed E-state index contributed by atoms with van der Waals surface area (Å²) in [5.41, 5.74) is 9.40. The molecule has 0 saturated heterocycles. The fourth-order valence-corrected chi connectivity index (χ4v) is 4.08. The van der Waals surface area contributed by atoms with E-state index in [1.807, 2.05) is 42.5 Å². The number of aliphatic hydroxyl groups excluding tert-OH is 1.